The Balaban J connectivity index is 1.43. The fourth-order valence-corrected chi connectivity index (χ4v) is 4.99. The fourth-order valence-electron chi connectivity index (χ4n) is 4.52. The lowest BCUT2D eigenvalue weighted by Gasteiger charge is -2.29. The second kappa shape index (κ2) is 10.5. The van der Waals surface area contributed by atoms with E-state index in [4.69, 9.17) is 9.47 Å². The number of hydrogen-bond donors (Lipinski definition) is 3. The number of carbonyl (C=O) groups is 3. The standard InChI is InChI=1S/C25H28N2O6S/c1-34-13-10-21(22(28)29)26-23(30)25(11-12-32-15-25)27-24(31)33-14-20-18-8-4-2-6-16(18)17-7-3-5-9-19(17)20/h2-9,20-21H,10-15H2,1H3,(H,26,30)(H,27,31)(H,28,29). The lowest BCUT2D eigenvalue weighted by Crippen LogP contribution is -2.62. The molecule has 4 rings (SSSR count). The number of amides is 2. The van der Waals surface area contributed by atoms with Crippen LogP contribution < -0.4 is 10.6 Å². The van der Waals surface area contributed by atoms with E-state index in [1.54, 1.807) is 0 Å². The Morgan fingerprint density at radius 1 is 1.15 bits per heavy atom. The van der Waals surface area contributed by atoms with Crippen molar-refractivity contribution in [1.29, 1.82) is 0 Å². The van der Waals surface area contributed by atoms with Crippen LogP contribution in [0.5, 0.6) is 0 Å². The van der Waals surface area contributed by atoms with E-state index in [1.165, 1.54) is 11.8 Å². The molecule has 1 aliphatic carbocycles. The summed E-state index contributed by atoms with van der Waals surface area (Å²) in [4.78, 5) is 37.4. The molecule has 3 N–H and O–H groups in total. The predicted octanol–water partition coefficient (Wildman–Crippen LogP) is 3.01. The maximum atomic E-state index is 13.0. The summed E-state index contributed by atoms with van der Waals surface area (Å²) in [6.07, 6.45) is 1.65. The van der Waals surface area contributed by atoms with Crippen LogP contribution in [-0.4, -0.2) is 66.5 Å². The van der Waals surface area contributed by atoms with Crippen LogP contribution in [0.3, 0.4) is 0 Å². The minimum Gasteiger partial charge on any atom is -0.480 e. The Morgan fingerprint density at radius 2 is 1.79 bits per heavy atom. The molecule has 1 aliphatic heterocycles. The van der Waals surface area contributed by atoms with Crippen LogP contribution in [-0.2, 0) is 19.1 Å². The molecule has 0 saturated carbocycles. The van der Waals surface area contributed by atoms with E-state index in [1.807, 2.05) is 42.7 Å². The summed E-state index contributed by atoms with van der Waals surface area (Å²) in [5.74, 6) is -1.21. The molecule has 1 saturated heterocycles. The summed E-state index contributed by atoms with van der Waals surface area (Å²) < 4.78 is 11.0. The summed E-state index contributed by atoms with van der Waals surface area (Å²) in [5, 5.41) is 14.7. The van der Waals surface area contributed by atoms with Crippen LogP contribution >= 0.6 is 11.8 Å². The zero-order valence-corrected chi connectivity index (χ0v) is 19.7. The van der Waals surface area contributed by atoms with Crippen LogP contribution in [0.4, 0.5) is 4.79 Å². The molecule has 2 atom stereocenters. The van der Waals surface area contributed by atoms with Crippen LogP contribution in [0.25, 0.3) is 11.1 Å². The van der Waals surface area contributed by atoms with Crippen molar-refractivity contribution in [2.24, 2.45) is 0 Å². The van der Waals surface area contributed by atoms with Gasteiger partial charge in [-0.05, 0) is 40.7 Å². The van der Waals surface area contributed by atoms with Gasteiger partial charge < -0.3 is 25.2 Å². The van der Waals surface area contributed by atoms with Gasteiger partial charge in [0.1, 0.15) is 18.2 Å². The number of rotatable bonds is 9. The number of hydrogen-bond acceptors (Lipinski definition) is 6. The molecule has 2 aliphatic rings. The number of aliphatic carboxylic acids is 1. The first-order chi connectivity index (χ1) is 16.4. The average Bonchev–Trinajstić information content (AvgIpc) is 3.43. The number of thioether (sulfide) groups is 1. The molecule has 0 aromatic heterocycles. The van der Waals surface area contributed by atoms with E-state index in [0.29, 0.717) is 5.75 Å². The average molecular weight is 485 g/mol. The molecular formula is C25H28N2O6S. The molecule has 1 heterocycles. The van der Waals surface area contributed by atoms with Gasteiger partial charge in [0.05, 0.1) is 6.61 Å². The maximum absolute atomic E-state index is 13.0. The highest BCUT2D eigenvalue weighted by atomic mass is 32.2. The Bertz CT molecular complexity index is 1020. The molecular weight excluding hydrogens is 456 g/mol. The number of carboxylic acids is 1. The van der Waals surface area contributed by atoms with E-state index < -0.39 is 29.6 Å². The molecule has 0 bridgehead atoms. The predicted molar refractivity (Wildman–Crippen MR) is 129 cm³/mol. The molecule has 0 radical (unpaired) electrons. The second-order valence-corrected chi connectivity index (χ2v) is 9.47. The third kappa shape index (κ3) is 4.90. The van der Waals surface area contributed by atoms with Crippen molar-refractivity contribution >= 4 is 29.7 Å². The van der Waals surface area contributed by atoms with Crippen molar-refractivity contribution in [3.8, 4) is 11.1 Å². The highest BCUT2D eigenvalue weighted by Crippen LogP contribution is 2.44. The molecule has 180 valence electrons. The maximum Gasteiger partial charge on any atom is 0.408 e. The number of carbonyl (C=O) groups excluding carboxylic acids is 2. The van der Waals surface area contributed by atoms with Crippen LogP contribution in [0.2, 0.25) is 0 Å². The molecule has 8 nitrogen and oxygen atoms in total. The smallest absolute Gasteiger partial charge is 0.408 e. The first kappa shape index (κ1) is 24.1. The number of nitrogens with one attached hydrogen (secondary N) is 2. The zero-order chi connectivity index (χ0) is 24.1. The van der Waals surface area contributed by atoms with Gasteiger partial charge in [-0.2, -0.15) is 11.8 Å². The lowest BCUT2D eigenvalue weighted by molar-refractivity contribution is -0.143. The topological polar surface area (TPSA) is 114 Å². The monoisotopic (exact) mass is 484 g/mol. The van der Waals surface area contributed by atoms with Crippen molar-refractivity contribution in [2.45, 2.75) is 30.3 Å². The van der Waals surface area contributed by atoms with Crippen molar-refractivity contribution in [3.05, 3.63) is 59.7 Å². The van der Waals surface area contributed by atoms with Gasteiger partial charge in [0.25, 0.3) is 0 Å². The van der Waals surface area contributed by atoms with E-state index >= 15 is 0 Å². The quantitative estimate of drug-likeness (QED) is 0.501. The number of carboxylic acid groups (broad SMARTS) is 1. The summed E-state index contributed by atoms with van der Waals surface area (Å²) in [6.45, 7) is 0.349. The molecule has 2 aromatic carbocycles. The van der Waals surface area contributed by atoms with Crippen molar-refractivity contribution in [1.82, 2.24) is 10.6 Å². The SMILES string of the molecule is CSCCC(NC(=O)C1(NC(=O)OCC2c3ccccc3-c3ccccc32)CCOC1)C(=O)O. The van der Waals surface area contributed by atoms with Crippen molar-refractivity contribution in [3.63, 3.8) is 0 Å². The van der Waals surface area contributed by atoms with Gasteiger partial charge in [-0.15, -0.1) is 0 Å². The van der Waals surface area contributed by atoms with Gasteiger partial charge in [-0.1, -0.05) is 48.5 Å². The number of benzene rings is 2. The number of ether oxygens (including phenoxy) is 2. The minimum absolute atomic E-state index is 0.0438. The Hall–Kier alpha value is -3.04. The van der Waals surface area contributed by atoms with Gasteiger partial charge in [0.15, 0.2) is 0 Å². The summed E-state index contributed by atoms with van der Waals surface area (Å²) >= 11 is 1.50. The van der Waals surface area contributed by atoms with Gasteiger partial charge in [0.2, 0.25) is 5.91 Å². The molecule has 0 spiro atoms. The minimum atomic E-state index is -1.37. The lowest BCUT2D eigenvalue weighted by atomic mass is 9.97. The normalized spacial score (nSPS) is 19.7. The highest BCUT2D eigenvalue weighted by molar-refractivity contribution is 7.98. The third-order valence-electron chi connectivity index (χ3n) is 6.36. The summed E-state index contributed by atoms with van der Waals surface area (Å²) in [7, 11) is 0. The fraction of sp³-hybridized carbons (Fsp3) is 0.400. The Labute approximate surface area is 202 Å². The Kier molecular flexibility index (Phi) is 7.43. The van der Waals surface area contributed by atoms with E-state index in [0.717, 1.165) is 22.3 Å². The molecule has 34 heavy (non-hydrogen) atoms. The van der Waals surface area contributed by atoms with Crippen LogP contribution in [0, 0.1) is 0 Å². The molecule has 2 unspecified atom stereocenters. The molecule has 2 aromatic rings. The van der Waals surface area contributed by atoms with Gasteiger partial charge in [0, 0.05) is 18.9 Å². The number of fused-ring (bicyclic) bond motifs is 3. The van der Waals surface area contributed by atoms with Gasteiger partial charge >= 0.3 is 12.1 Å². The first-order valence-electron chi connectivity index (χ1n) is 11.2. The van der Waals surface area contributed by atoms with Crippen LogP contribution in [0.1, 0.15) is 29.9 Å². The highest BCUT2D eigenvalue weighted by Gasteiger charge is 2.45. The molecule has 9 heteroatoms. The molecule has 1 fully saturated rings. The van der Waals surface area contributed by atoms with Crippen molar-refractivity contribution in [2.75, 3.05) is 31.8 Å². The molecule has 2 amide bonds. The summed E-state index contributed by atoms with van der Waals surface area (Å²) in [6, 6.07) is 15.0. The Morgan fingerprint density at radius 3 is 2.35 bits per heavy atom. The van der Waals surface area contributed by atoms with Crippen molar-refractivity contribution < 1.29 is 29.0 Å². The van der Waals surface area contributed by atoms with Gasteiger partial charge in [-0.3, -0.25) is 4.79 Å². The largest absolute Gasteiger partial charge is 0.480 e. The van der Waals surface area contributed by atoms with Gasteiger partial charge in [-0.25, -0.2) is 9.59 Å². The number of alkyl carbamates (subject to hydrolysis) is 1. The third-order valence-corrected chi connectivity index (χ3v) is 7.00. The van der Waals surface area contributed by atoms with E-state index in [2.05, 4.69) is 22.8 Å². The van der Waals surface area contributed by atoms with E-state index in [9.17, 15) is 19.5 Å². The summed E-state index contributed by atoms with van der Waals surface area (Å²) in [5.41, 5.74) is 3.06. The zero-order valence-electron chi connectivity index (χ0n) is 18.9. The first-order valence-corrected chi connectivity index (χ1v) is 12.6. The van der Waals surface area contributed by atoms with Crippen LogP contribution in [0.15, 0.2) is 48.5 Å². The van der Waals surface area contributed by atoms with E-state index in [-0.39, 0.29) is 38.6 Å². The second-order valence-electron chi connectivity index (χ2n) is 8.48.